The van der Waals surface area contributed by atoms with E-state index in [9.17, 15) is 4.79 Å². The van der Waals surface area contributed by atoms with Crippen molar-refractivity contribution < 1.29 is 9.21 Å². The molecule has 0 saturated carbocycles. The van der Waals surface area contributed by atoms with Crippen LogP contribution in [0, 0.1) is 12.8 Å². The summed E-state index contributed by atoms with van der Waals surface area (Å²) in [5, 5.41) is 13.1. The van der Waals surface area contributed by atoms with Gasteiger partial charge in [0.15, 0.2) is 10.1 Å². The van der Waals surface area contributed by atoms with Crippen LogP contribution in [0.2, 0.25) is 0 Å². The maximum Gasteiger partial charge on any atom is 0.287 e. The van der Waals surface area contributed by atoms with E-state index < -0.39 is 0 Å². The topological polar surface area (TPSA) is 84.2 Å². The predicted octanol–water partition coefficient (Wildman–Crippen LogP) is 5.45. The maximum atomic E-state index is 13.1. The second-order valence-corrected chi connectivity index (χ2v) is 11.1. The first-order valence-corrected chi connectivity index (χ1v) is 13.3. The van der Waals surface area contributed by atoms with Gasteiger partial charge in [0.25, 0.3) is 5.91 Å². The quantitative estimate of drug-likeness (QED) is 0.343. The number of carbonyl (C=O) groups is 1. The van der Waals surface area contributed by atoms with E-state index in [1.54, 1.807) is 23.1 Å². The van der Waals surface area contributed by atoms with Gasteiger partial charge >= 0.3 is 0 Å². The molecule has 3 aromatic heterocycles. The number of rotatable bonds is 7. The molecule has 1 N–H and O–H groups in total. The molecule has 0 aliphatic carbocycles. The Labute approximate surface area is 207 Å². The fourth-order valence-corrected chi connectivity index (χ4v) is 5.95. The normalized spacial score (nSPS) is 14.6. The molecule has 0 spiro atoms. The number of anilines is 1. The first-order valence-electron chi connectivity index (χ1n) is 11.5. The Kier molecular flexibility index (Phi) is 6.82. The Morgan fingerprint density at radius 3 is 2.76 bits per heavy atom. The molecule has 1 aromatic carbocycles. The standard InChI is InChI=1S/C25H27N5O2S2/c1-16-9-11-30(12-10-16)22-8-7-18(13-26-22)14-27-24(31)23-20(15-33-25-29-28-17(2)34-25)19-5-3-4-6-21(19)32-23/h3-8,13,16H,9-12,14-15H2,1-2H3,(H,27,31). The highest BCUT2D eigenvalue weighted by atomic mass is 32.2. The summed E-state index contributed by atoms with van der Waals surface area (Å²) in [4.78, 5) is 20.1. The van der Waals surface area contributed by atoms with E-state index >= 15 is 0 Å². The van der Waals surface area contributed by atoms with Gasteiger partial charge in [-0.05, 0) is 43.4 Å². The first-order chi connectivity index (χ1) is 16.6. The van der Waals surface area contributed by atoms with Crippen LogP contribution in [0.25, 0.3) is 11.0 Å². The van der Waals surface area contributed by atoms with E-state index in [2.05, 4.69) is 32.3 Å². The maximum absolute atomic E-state index is 13.1. The summed E-state index contributed by atoms with van der Waals surface area (Å²) in [5.41, 5.74) is 2.54. The van der Waals surface area contributed by atoms with Crippen molar-refractivity contribution in [2.45, 2.75) is 43.3 Å². The second kappa shape index (κ2) is 10.1. The Hall–Kier alpha value is -2.91. The molecule has 0 radical (unpaired) electrons. The summed E-state index contributed by atoms with van der Waals surface area (Å²) in [6, 6.07) is 11.8. The molecule has 4 heterocycles. The van der Waals surface area contributed by atoms with Crippen molar-refractivity contribution in [2.24, 2.45) is 5.92 Å². The van der Waals surface area contributed by atoms with E-state index in [1.165, 1.54) is 12.8 Å². The highest BCUT2D eigenvalue weighted by Gasteiger charge is 2.21. The third kappa shape index (κ3) is 5.10. The highest BCUT2D eigenvalue weighted by Crippen LogP contribution is 2.33. The van der Waals surface area contributed by atoms with Gasteiger partial charge in [0.1, 0.15) is 16.4 Å². The molecular weight excluding hydrogens is 466 g/mol. The van der Waals surface area contributed by atoms with Gasteiger partial charge in [-0.1, -0.05) is 54.3 Å². The van der Waals surface area contributed by atoms with Crippen LogP contribution < -0.4 is 10.2 Å². The number of aryl methyl sites for hydroxylation is 1. The number of piperidine rings is 1. The smallest absolute Gasteiger partial charge is 0.287 e. The van der Waals surface area contributed by atoms with E-state index in [-0.39, 0.29) is 5.91 Å². The van der Waals surface area contributed by atoms with Gasteiger partial charge in [0, 0.05) is 42.5 Å². The van der Waals surface area contributed by atoms with Crippen molar-refractivity contribution in [2.75, 3.05) is 18.0 Å². The molecule has 9 heteroatoms. The lowest BCUT2D eigenvalue weighted by Gasteiger charge is -2.31. The summed E-state index contributed by atoms with van der Waals surface area (Å²) < 4.78 is 6.85. The molecule has 0 bridgehead atoms. The molecule has 176 valence electrons. The van der Waals surface area contributed by atoms with Crippen molar-refractivity contribution in [1.29, 1.82) is 0 Å². The Bertz CT molecular complexity index is 1280. The van der Waals surface area contributed by atoms with Gasteiger partial charge in [0.2, 0.25) is 0 Å². The summed E-state index contributed by atoms with van der Waals surface area (Å²) in [6.45, 7) is 6.73. The fourth-order valence-electron chi connectivity index (χ4n) is 4.10. The number of thioether (sulfide) groups is 1. The SMILES string of the molecule is Cc1nnc(SCc2c(C(=O)NCc3ccc(N4CCC(C)CC4)nc3)oc3ccccc23)s1. The van der Waals surface area contributed by atoms with Gasteiger partial charge in [-0.25, -0.2) is 4.98 Å². The highest BCUT2D eigenvalue weighted by molar-refractivity contribution is 8.00. The van der Waals surface area contributed by atoms with E-state index in [0.717, 1.165) is 50.7 Å². The number of hydrogen-bond acceptors (Lipinski definition) is 8. The molecule has 5 rings (SSSR count). The van der Waals surface area contributed by atoms with E-state index in [4.69, 9.17) is 4.42 Å². The second-order valence-electron chi connectivity index (χ2n) is 8.66. The number of hydrogen-bond donors (Lipinski definition) is 1. The lowest BCUT2D eigenvalue weighted by atomic mass is 9.99. The number of para-hydroxylation sites is 1. The van der Waals surface area contributed by atoms with Crippen LogP contribution >= 0.6 is 23.1 Å². The summed E-state index contributed by atoms with van der Waals surface area (Å²) in [6.07, 6.45) is 4.26. The minimum absolute atomic E-state index is 0.227. The number of furan rings is 1. The predicted molar refractivity (Wildman–Crippen MR) is 136 cm³/mol. The molecule has 7 nitrogen and oxygen atoms in total. The van der Waals surface area contributed by atoms with Crippen LogP contribution in [-0.2, 0) is 12.3 Å². The molecule has 34 heavy (non-hydrogen) atoms. The van der Waals surface area contributed by atoms with E-state index in [0.29, 0.717) is 23.6 Å². The number of amides is 1. The van der Waals surface area contributed by atoms with Crippen molar-refractivity contribution in [3.8, 4) is 0 Å². The van der Waals surface area contributed by atoms with Crippen molar-refractivity contribution in [1.82, 2.24) is 20.5 Å². The minimum atomic E-state index is -0.227. The van der Waals surface area contributed by atoms with Crippen molar-refractivity contribution in [3.05, 3.63) is 64.5 Å². The molecule has 1 saturated heterocycles. The molecule has 4 aromatic rings. The van der Waals surface area contributed by atoms with Crippen molar-refractivity contribution >= 4 is 45.8 Å². The van der Waals surface area contributed by atoms with Crippen LogP contribution in [0.1, 0.15) is 46.5 Å². The fraction of sp³-hybridized carbons (Fsp3) is 0.360. The van der Waals surface area contributed by atoms with Gasteiger partial charge in [-0.15, -0.1) is 10.2 Å². The number of aromatic nitrogens is 3. The number of nitrogens with zero attached hydrogens (tertiary/aromatic N) is 4. The van der Waals surface area contributed by atoms with Crippen LogP contribution in [0.5, 0.6) is 0 Å². The van der Waals surface area contributed by atoms with Crippen LogP contribution in [0.3, 0.4) is 0 Å². The largest absolute Gasteiger partial charge is 0.451 e. The molecular formula is C25H27N5O2S2. The zero-order valence-corrected chi connectivity index (χ0v) is 20.9. The molecule has 1 aliphatic heterocycles. The van der Waals surface area contributed by atoms with E-state index in [1.807, 2.05) is 49.5 Å². The Balaban J connectivity index is 1.27. The third-order valence-electron chi connectivity index (χ3n) is 6.12. The number of nitrogens with one attached hydrogen (secondary N) is 1. The zero-order valence-electron chi connectivity index (χ0n) is 19.3. The van der Waals surface area contributed by atoms with Gasteiger partial charge in [-0.2, -0.15) is 0 Å². The minimum Gasteiger partial charge on any atom is -0.451 e. The van der Waals surface area contributed by atoms with Gasteiger partial charge in [0.05, 0.1) is 0 Å². The zero-order chi connectivity index (χ0) is 23.5. The lowest BCUT2D eigenvalue weighted by Crippen LogP contribution is -2.33. The number of benzene rings is 1. The number of pyridine rings is 1. The molecule has 0 unspecified atom stereocenters. The average Bonchev–Trinajstić information content (AvgIpc) is 3.45. The monoisotopic (exact) mass is 493 g/mol. The summed E-state index contributed by atoms with van der Waals surface area (Å²) >= 11 is 3.11. The van der Waals surface area contributed by atoms with Gasteiger partial charge in [-0.3, -0.25) is 4.79 Å². The summed E-state index contributed by atoms with van der Waals surface area (Å²) in [5.74, 6) is 2.50. The first kappa shape index (κ1) is 22.9. The van der Waals surface area contributed by atoms with Crippen LogP contribution in [0.15, 0.2) is 51.4 Å². The van der Waals surface area contributed by atoms with Crippen LogP contribution in [-0.4, -0.2) is 34.2 Å². The molecule has 0 atom stereocenters. The molecule has 1 amide bonds. The summed E-state index contributed by atoms with van der Waals surface area (Å²) in [7, 11) is 0. The van der Waals surface area contributed by atoms with Crippen molar-refractivity contribution in [3.63, 3.8) is 0 Å². The molecule has 1 fully saturated rings. The Morgan fingerprint density at radius 1 is 1.21 bits per heavy atom. The lowest BCUT2D eigenvalue weighted by molar-refractivity contribution is 0.0924. The number of carbonyl (C=O) groups excluding carboxylic acids is 1. The third-order valence-corrected chi connectivity index (χ3v) is 8.12. The van der Waals surface area contributed by atoms with Gasteiger partial charge < -0.3 is 14.6 Å². The van der Waals surface area contributed by atoms with Crippen LogP contribution in [0.4, 0.5) is 5.82 Å². The molecule has 1 aliphatic rings. The Morgan fingerprint density at radius 2 is 2.03 bits per heavy atom. The average molecular weight is 494 g/mol. The number of fused-ring (bicyclic) bond motifs is 1.